The maximum absolute atomic E-state index is 5.17. The lowest BCUT2D eigenvalue weighted by molar-refractivity contribution is 0.190. The van der Waals surface area contributed by atoms with Gasteiger partial charge in [-0.2, -0.15) is 0 Å². The van der Waals surface area contributed by atoms with Crippen molar-refractivity contribution in [3.05, 3.63) is 41.7 Å². The molecular weight excluding hydrogens is 262 g/mol. The number of ether oxygens (including phenoxy) is 1. The van der Waals surface area contributed by atoms with Crippen molar-refractivity contribution in [2.24, 2.45) is 0 Å². The Morgan fingerprint density at radius 1 is 1.29 bits per heavy atom. The Morgan fingerprint density at radius 2 is 2.00 bits per heavy atom. The van der Waals surface area contributed by atoms with Crippen molar-refractivity contribution in [1.29, 1.82) is 0 Å². The van der Waals surface area contributed by atoms with E-state index in [0.717, 1.165) is 23.8 Å². The van der Waals surface area contributed by atoms with Crippen LogP contribution < -0.4 is 5.32 Å². The van der Waals surface area contributed by atoms with Crippen LogP contribution in [-0.4, -0.2) is 29.3 Å². The summed E-state index contributed by atoms with van der Waals surface area (Å²) < 4.78 is 7.27. The number of rotatable bonds is 7. The highest BCUT2D eigenvalue weighted by Gasteiger charge is 2.10. The molecule has 0 saturated carbocycles. The van der Waals surface area contributed by atoms with Gasteiger partial charge in [0.15, 0.2) is 0 Å². The molecular formula is C17H25N3O. The minimum atomic E-state index is 0.218. The number of anilines is 1. The summed E-state index contributed by atoms with van der Waals surface area (Å²) in [5.74, 6) is 0.861. The molecule has 0 spiro atoms. The minimum Gasteiger partial charge on any atom is -0.383 e. The average Bonchev–Trinajstić information content (AvgIpc) is 2.81. The number of nitrogens with zero attached hydrogens (tertiary/aromatic N) is 2. The van der Waals surface area contributed by atoms with E-state index in [0.29, 0.717) is 6.61 Å². The molecule has 0 amide bonds. The highest BCUT2D eigenvalue weighted by atomic mass is 16.5. The van der Waals surface area contributed by atoms with E-state index in [9.17, 15) is 0 Å². The van der Waals surface area contributed by atoms with Gasteiger partial charge in [0.1, 0.15) is 0 Å². The van der Waals surface area contributed by atoms with Crippen LogP contribution in [-0.2, 0) is 11.2 Å². The summed E-state index contributed by atoms with van der Waals surface area (Å²) in [4.78, 5) is 4.56. The molecule has 0 fully saturated rings. The fraction of sp³-hybridized carbons (Fsp3) is 0.471. The molecule has 4 heteroatoms. The standard InChI is InChI=1S/C17H25N3O/c1-5-6-15-7-9-16(10-8-15)20-11-13(2)18-17(20)19-14(3)12-21-4/h7-11,14H,5-6,12H2,1-4H3,(H,18,19). The van der Waals surface area contributed by atoms with Gasteiger partial charge in [0, 0.05) is 25.0 Å². The number of aromatic nitrogens is 2. The van der Waals surface area contributed by atoms with E-state index in [1.165, 1.54) is 12.0 Å². The van der Waals surface area contributed by atoms with Crippen molar-refractivity contribution in [3.8, 4) is 5.69 Å². The first-order valence-corrected chi connectivity index (χ1v) is 7.54. The second kappa shape index (κ2) is 7.27. The fourth-order valence-electron chi connectivity index (χ4n) is 2.42. The molecule has 4 nitrogen and oxygen atoms in total. The second-order valence-electron chi connectivity index (χ2n) is 5.49. The number of aryl methyl sites for hydroxylation is 2. The number of nitrogens with one attached hydrogen (secondary N) is 1. The molecule has 0 aliphatic carbocycles. The van der Waals surface area contributed by atoms with E-state index < -0.39 is 0 Å². The number of imidazole rings is 1. The van der Waals surface area contributed by atoms with Crippen LogP contribution in [0.4, 0.5) is 5.95 Å². The zero-order valence-electron chi connectivity index (χ0n) is 13.4. The van der Waals surface area contributed by atoms with Gasteiger partial charge < -0.3 is 10.1 Å². The number of methoxy groups -OCH3 is 1. The van der Waals surface area contributed by atoms with Crippen molar-refractivity contribution < 1.29 is 4.74 Å². The van der Waals surface area contributed by atoms with Crippen LogP contribution in [0.2, 0.25) is 0 Å². The van der Waals surface area contributed by atoms with Gasteiger partial charge in [-0.25, -0.2) is 4.98 Å². The van der Waals surface area contributed by atoms with Gasteiger partial charge in [0.25, 0.3) is 0 Å². The Balaban J connectivity index is 2.22. The van der Waals surface area contributed by atoms with Crippen LogP contribution in [0.1, 0.15) is 31.5 Å². The van der Waals surface area contributed by atoms with Crippen LogP contribution >= 0.6 is 0 Å². The summed E-state index contributed by atoms with van der Waals surface area (Å²) in [6, 6.07) is 8.90. The molecule has 1 N–H and O–H groups in total. The Morgan fingerprint density at radius 3 is 2.62 bits per heavy atom. The lowest BCUT2D eigenvalue weighted by Gasteiger charge is -2.15. The lowest BCUT2D eigenvalue weighted by Crippen LogP contribution is -2.22. The van der Waals surface area contributed by atoms with Crippen molar-refractivity contribution in [2.75, 3.05) is 19.0 Å². The zero-order valence-corrected chi connectivity index (χ0v) is 13.4. The SMILES string of the molecule is CCCc1ccc(-n2cc(C)nc2NC(C)COC)cc1. The number of hydrogen-bond acceptors (Lipinski definition) is 3. The highest BCUT2D eigenvalue weighted by Crippen LogP contribution is 2.18. The van der Waals surface area contributed by atoms with Gasteiger partial charge in [-0.3, -0.25) is 4.57 Å². The molecule has 114 valence electrons. The normalized spacial score (nSPS) is 12.4. The molecule has 0 radical (unpaired) electrons. The van der Waals surface area contributed by atoms with E-state index in [4.69, 9.17) is 4.74 Å². The van der Waals surface area contributed by atoms with Crippen LogP contribution in [0.25, 0.3) is 5.69 Å². The summed E-state index contributed by atoms with van der Waals surface area (Å²) in [7, 11) is 1.71. The van der Waals surface area contributed by atoms with Crippen LogP contribution in [0.15, 0.2) is 30.5 Å². The quantitative estimate of drug-likeness (QED) is 0.846. The first-order valence-electron chi connectivity index (χ1n) is 7.54. The Kier molecular flexibility index (Phi) is 5.39. The third kappa shape index (κ3) is 4.08. The van der Waals surface area contributed by atoms with Crippen LogP contribution in [0.5, 0.6) is 0 Å². The summed E-state index contributed by atoms with van der Waals surface area (Å²) in [5, 5.41) is 3.40. The van der Waals surface area contributed by atoms with Gasteiger partial charge in [-0.15, -0.1) is 0 Å². The first kappa shape index (κ1) is 15.6. The van der Waals surface area contributed by atoms with Gasteiger partial charge >= 0.3 is 0 Å². The first-order chi connectivity index (χ1) is 10.1. The van der Waals surface area contributed by atoms with E-state index in [1.54, 1.807) is 7.11 Å². The van der Waals surface area contributed by atoms with Gasteiger partial charge in [0.2, 0.25) is 5.95 Å². The zero-order chi connectivity index (χ0) is 15.2. The maximum atomic E-state index is 5.17. The largest absolute Gasteiger partial charge is 0.383 e. The Bertz CT molecular complexity index is 560. The minimum absolute atomic E-state index is 0.218. The third-order valence-electron chi connectivity index (χ3n) is 3.37. The molecule has 2 aromatic rings. The van der Waals surface area contributed by atoms with E-state index >= 15 is 0 Å². The average molecular weight is 287 g/mol. The summed E-state index contributed by atoms with van der Waals surface area (Å²) in [6.07, 6.45) is 4.35. The summed E-state index contributed by atoms with van der Waals surface area (Å²) in [5.41, 5.74) is 3.50. The molecule has 1 aromatic heterocycles. The smallest absolute Gasteiger partial charge is 0.208 e. The molecule has 1 atom stereocenters. The lowest BCUT2D eigenvalue weighted by atomic mass is 10.1. The van der Waals surface area contributed by atoms with E-state index in [1.807, 2.05) is 6.92 Å². The summed E-state index contributed by atoms with van der Waals surface area (Å²) >= 11 is 0. The molecule has 1 aromatic carbocycles. The van der Waals surface area contributed by atoms with Crippen molar-refractivity contribution >= 4 is 5.95 Å². The molecule has 0 bridgehead atoms. The predicted molar refractivity (Wildman–Crippen MR) is 87.3 cm³/mol. The summed E-state index contributed by atoms with van der Waals surface area (Å²) in [6.45, 7) is 6.95. The molecule has 0 saturated heterocycles. The molecule has 0 aliphatic heterocycles. The molecule has 0 aliphatic rings. The van der Waals surface area contributed by atoms with Crippen molar-refractivity contribution in [3.63, 3.8) is 0 Å². The second-order valence-corrected chi connectivity index (χ2v) is 5.49. The molecule has 2 rings (SSSR count). The third-order valence-corrected chi connectivity index (χ3v) is 3.37. The molecule has 21 heavy (non-hydrogen) atoms. The maximum Gasteiger partial charge on any atom is 0.208 e. The topological polar surface area (TPSA) is 39.1 Å². The van der Waals surface area contributed by atoms with Crippen LogP contribution in [0, 0.1) is 6.92 Å². The highest BCUT2D eigenvalue weighted by molar-refractivity contribution is 5.44. The van der Waals surface area contributed by atoms with E-state index in [-0.39, 0.29) is 6.04 Å². The number of benzene rings is 1. The van der Waals surface area contributed by atoms with Gasteiger partial charge in [-0.1, -0.05) is 25.5 Å². The fourth-order valence-corrected chi connectivity index (χ4v) is 2.42. The monoisotopic (exact) mass is 287 g/mol. The van der Waals surface area contributed by atoms with E-state index in [2.05, 4.69) is 59.2 Å². The van der Waals surface area contributed by atoms with Crippen molar-refractivity contribution in [1.82, 2.24) is 9.55 Å². The Labute approximate surface area is 127 Å². The Hall–Kier alpha value is -1.81. The predicted octanol–water partition coefficient (Wildman–Crippen LogP) is 3.58. The van der Waals surface area contributed by atoms with Crippen LogP contribution in [0.3, 0.4) is 0 Å². The van der Waals surface area contributed by atoms with Gasteiger partial charge in [-0.05, 0) is 38.0 Å². The van der Waals surface area contributed by atoms with Crippen molar-refractivity contribution in [2.45, 2.75) is 39.7 Å². The number of hydrogen-bond donors (Lipinski definition) is 1. The molecule has 1 heterocycles. The van der Waals surface area contributed by atoms with Gasteiger partial charge in [0.05, 0.1) is 12.3 Å². The molecule has 1 unspecified atom stereocenters.